The minimum Gasteiger partial charge on any atom is -0.323 e. The van der Waals surface area contributed by atoms with Crippen molar-refractivity contribution < 1.29 is 4.79 Å². The highest BCUT2D eigenvalue weighted by atomic mass is 35.5. The van der Waals surface area contributed by atoms with Crippen LogP contribution in [0.25, 0.3) is 5.69 Å². The zero-order valence-electron chi connectivity index (χ0n) is 16.3. The number of amidine groups is 1. The quantitative estimate of drug-likeness (QED) is 0.574. The summed E-state index contributed by atoms with van der Waals surface area (Å²) < 4.78 is 1.79. The average molecular weight is 448 g/mol. The molecule has 0 bridgehead atoms. The van der Waals surface area contributed by atoms with E-state index in [2.05, 4.69) is 5.32 Å². The van der Waals surface area contributed by atoms with E-state index in [4.69, 9.17) is 33.3 Å². The summed E-state index contributed by atoms with van der Waals surface area (Å²) in [5.41, 5.74) is 3.05. The molecule has 1 atom stereocenters. The van der Waals surface area contributed by atoms with E-state index >= 15 is 0 Å². The first-order chi connectivity index (χ1) is 15.0. The number of rotatable bonds is 1. The number of carbonyl (C=O) groups is 1. The minimum absolute atomic E-state index is 0.216. The molecule has 1 N–H and O–H groups in total. The number of hydrogen-bond donors (Lipinski definition) is 1. The molecule has 3 aromatic rings. The van der Waals surface area contributed by atoms with Crippen molar-refractivity contribution >= 4 is 46.3 Å². The molecule has 0 saturated heterocycles. The first-order valence-corrected chi connectivity index (χ1v) is 10.5. The van der Waals surface area contributed by atoms with Crippen LogP contribution in [-0.2, 0) is 10.3 Å². The lowest BCUT2D eigenvalue weighted by molar-refractivity contribution is -0.122. The van der Waals surface area contributed by atoms with E-state index in [-0.39, 0.29) is 5.91 Å². The number of hydrogen-bond acceptors (Lipinski definition) is 4. The van der Waals surface area contributed by atoms with Gasteiger partial charge in [-0.15, -0.1) is 0 Å². The summed E-state index contributed by atoms with van der Waals surface area (Å²) in [6, 6.07) is 17.3. The molecule has 0 aliphatic carbocycles. The standard InChI is InChI=1S/C23H15Cl2N5O/c1-13-19-20(30(28-13)15-7-3-2-4-8-15)23(16-9-5-6-10-18(16)26-22(23)31)29-12-14(24)11-17(25)21(29)27-19/h2-12H,1H3,(H,26,31). The number of aromatic nitrogens is 2. The number of aryl methyl sites for hydroxylation is 1. The number of para-hydroxylation sites is 2. The Morgan fingerprint density at radius 3 is 2.58 bits per heavy atom. The Balaban J connectivity index is 1.78. The third-order valence-electron chi connectivity index (χ3n) is 5.80. The van der Waals surface area contributed by atoms with Crippen molar-refractivity contribution in [1.82, 2.24) is 14.7 Å². The van der Waals surface area contributed by atoms with Gasteiger partial charge in [-0.1, -0.05) is 59.6 Å². The maximum Gasteiger partial charge on any atom is 0.261 e. The summed E-state index contributed by atoms with van der Waals surface area (Å²) in [6.07, 6.45) is 3.33. The van der Waals surface area contributed by atoms with E-state index in [0.717, 1.165) is 16.9 Å². The van der Waals surface area contributed by atoms with Crippen molar-refractivity contribution in [3.63, 3.8) is 0 Å². The lowest BCUT2D eigenvalue weighted by atomic mass is 9.82. The molecular formula is C23H15Cl2N5O. The van der Waals surface area contributed by atoms with E-state index < -0.39 is 5.54 Å². The molecule has 2 aromatic carbocycles. The maximum atomic E-state index is 13.8. The fourth-order valence-corrected chi connectivity index (χ4v) is 5.07. The summed E-state index contributed by atoms with van der Waals surface area (Å²) >= 11 is 13.0. The SMILES string of the molecule is Cc1nn(-c2ccccc2)c2c1N=C1C(Cl)=CC(Cl)=CN1C21C(=O)Nc2ccccc21. The summed E-state index contributed by atoms with van der Waals surface area (Å²) in [5, 5.41) is 8.59. The van der Waals surface area contributed by atoms with Gasteiger partial charge in [-0.05, 0) is 31.2 Å². The molecule has 152 valence electrons. The number of nitrogens with one attached hydrogen (secondary N) is 1. The minimum atomic E-state index is -1.27. The largest absolute Gasteiger partial charge is 0.323 e. The molecular weight excluding hydrogens is 433 g/mol. The molecule has 6 rings (SSSR count). The number of carbonyl (C=O) groups excluding carboxylic acids is 1. The number of amides is 1. The van der Waals surface area contributed by atoms with Crippen LogP contribution in [0.5, 0.6) is 0 Å². The highest BCUT2D eigenvalue weighted by Crippen LogP contribution is 2.53. The molecule has 1 unspecified atom stereocenters. The highest BCUT2D eigenvalue weighted by Gasteiger charge is 2.59. The van der Waals surface area contributed by atoms with Crippen LogP contribution in [0.2, 0.25) is 0 Å². The second-order valence-corrected chi connectivity index (χ2v) is 8.40. The summed E-state index contributed by atoms with van der Waals surface area (Å²) in [7, 11) is 0. The van der Waals surface area contributed by atoms with Crippen molar-refractivity contribution in [2.45, 2.75) is 12.5 Å². The number of allylic oxidation sites excluding steroid dienone is 2. The Kier molecular flexibility index (Phi) is 3.76. The van der Waals surface area contributed by atoms with E-state index in [9.17, 15) is 4.79 Å². The second kappa shape index (κ2) is 6.33. The molecule has 1 spiro atoms. The van der Waals surface area contributed by atoms with E-state index in [0.29, 0.717) is 33.0 Å². The van der Waals surface area contributed by atoms with Gasteiger partial charge in [0.25, 0.3) is 5.91 Å². The smallest absolute Gasteiger partial charge is 0.261 e. The summed E-state index contributed by atoms with van der Waals surface area (Å²) in [6.45, 7) is 1.88. The third kappa shape index (κ3) is 2.31. The Morgan fingerprint density at radius 2 is 1.77 bits per heavy atom. The topological polar surface area (TPSA) is 62.5 Å². The first-order valence-electron chi connectivity index (χ1n) is 9.71. The van der Waals surface area contributed by atoms with Gasteiger partial charge < -0.3 is 10.2 Å². The van der Waals surface area contributed by atoms with Gasteiger partial charge in [-0.3, -0.25) is 4.79 Å². The number of aliphatic imine (C=N–C) groups is 1. The van der Waals surface area contributed by atoms with Crippen LogP contribution in [0.1, 0.15) is 17.0 Å². The lowest BCUT2D eigenvalue weighted by Gasteiger charge is -2.43. The first kappa shape index (κ1) is 18.4. The van der Waals surface area contributed by atoms with Crippen LogP contribution in [0.15, 0.2) is 81.9 Å². The fraction of sp³-hybridized carbons (Fsp3) is 0.0870. The van der Waals surface area contributed by atoms with Gasteiger partial charge >= 0.3 is 0 Å². The van der Waals surface area contributed by atoms with Gasteiger partial charge in [0.2, 0.25) is 0 Å². The average Bonchev–Trinajstić information content (AvgIpc) is 3.25. The molecule has 3 aliphatic rings. The number of halogens is 2. The number of nitrogens with zero attached hydrogens (tertiary/aromatic N) is 4. The zero-order valence-corrected chi connectivity index (χ0v) is 17.8. The van der Waals surface area contributed by atoms with Crippen LogP contribution in [-0.4, -0.2) is 26.4 Å². The molecule has 0 saturated carbocycles. The molecule has 0 fully saturated rings. The van der Waals surface area contributed by atoms with Gasteiger partial charge in [0, 0.05) is 17.5 Å². The van der Waals surface area contributed by atoms with Gasteiger partial charge in [0.1, 0.15) is 11.4 Å². The molecule has 4 heterocycles. The van der Waals surface area contributed by atoms with Crippen molar-refractivity contribution in [2.75, 3.05) is 5.32 Å². The predicted octanol–water partition coefficient (Wildman–Crippen LogP) is 4.94. The highest BCUT2D eigenvalue weighted by molar-refractivity contribution is 6.46. The van der Waals surface area contributed by atoms with E-state index in [1.165, 1.54) is 0 Å². The van der Waals surface area contributed by atoms with Gasteiger partial charge in [-0.25, -0.2) is 9.67 Å². The van der Waals surface area contributed by atoms with Crippen LogP contribution in [0, 0.1) is 6.92 Å². The van der Waals surface area contributed by atoms with Crippen molar-refractivity contribution in [1.29, 1.82) is 0 Å². The molecule has 1 aromatic heterocycles. The van der Waals surface area contributed by atoms with E-state index in [1.54, 1.807) is 21.9 Å². The van der Waals surface area contributed by atoms with Gasteiger partial charge in [0.05, 0.1) is 21.4 Å². The summed E-state index contributed by atoms with van der Waals surface area (Å²) in [4.78, 5) is 20.4. The normalized spacial score (nSPS) is 21.1. The van der Waals surface area contributed by atoms with Crippen LogP contribution >= 0.6 is 23.2 Å². The molecule has 1 amide bonds. The van der Waals surface area contributed by atoms with Crippen LogP contribution in [0.3, 0.4) is 0 Å². The number of fused-ring (bicyclic) bond motifs is 6. The maximum absolute atomic E-state index is 13.8. The van der Waals surface area contributed by atoms with Crippen molar-refractivity contribution in [3.05, 3.63) is 93.9 Å². The molecule has 31 heavy (non-hydrogen) atoms. The fourth-order valence-electron chi connectivity index (χ4n) is 4.56. The number of anilines is 1. The van der Waals surface area contributed by atoms with Crippen molar-refractivity contribution in [2.24, 2.45) is 4.99 Å². The summed E-state index contributed by atoms with van der Waals surface area (Å²) in [5.74, 6) is 0.243. The Bertz CT molecular complexity index is 1370. The zero-order chi connectivity index (χ0) is 21.3. The third-order valence-corrected chi connectivity index (χ3v) is 6.29. The molecule has 0 radical (unpaired) electrons. The second-order valence-electron chi connectivity index (χ2n) is 7.55. The Morgan fingerprint density at radius 1 is 1.03 bits per heavy atom. The Labute approximate surface area is 188 Å². The monoisotopic (exact) mass is 447 g/mol. The van der Waals surface area contributed by atoms with Crippen molar-refractivity contribution in [3.8, 4) is 5.69 Å². The van der Waals surface area contributed by atoms with E-state index in [1.807, 2.05) is 61.5 Å². The lowest BCUT2D eigenvalue weighted by Crippen LogP contribution is -2.55. The molecule has 6 nitrogen and oxygen atoms in total. The number of benzene rings is 2. The van der Waals surface area contributed by atoms with Crippen LogP contribution in [0.4, 0.5) is 11.4 Å². The molecule has 8 heteroatoms. The van der Waals surface area contributed by atoms with Crippen LogP contribution < -0.4 is 5.32 Å². The van der Waals surface area contributed by atoms with Gasteiger partial charge in [-0.2, -0.15) is 5.10 Å². The predicted molar refractivity (Wildman–Crippen MR) is 121 cm³/mol. The molecule has 3 aliphatic heterocycles. The van der Waals surface area contributed by atoms with Gasteiger partial charge in [0.15, 0.2) is 11.4 Å². The Hall–Kier alpha value is -3.35.